The van der Waals surface area contributed by atoms with E-state index in [0.717, 1.165) is 74.3 Å². The van der Waals surface area contributed by atoms with Gasteiger partial charge in [-0.2, -0.15) is 0 Å². The Morgan fingerprint density at radius 3 is 2.28 bits per heavy atom. The second kappa shape index (κ2) is 8.72. The van der Waals surface area contributed by atoms with Gasteiger partial charge in [0, 0.05) is 44.3 Å². The highest BCUT2D eigenvalue weighted by atomic mass is 16.5. The van der Waals surface area contributed by atoms with Gasteiger partial charge < -0.3 is 15.0 Å². The number of hydrogen-bond donors (Lipinski definition) is 1. The summed E-state index contributed by atoms with van der Waals surface area (Å²) in [5, 5.41) is 3.15. The third kappa shape index (κ3) is 4.40. The molecule has 1 heterocycles. The SMILES string of the molecule is Cc1ccc(C)c(OC2CCN(C(=O)CCNC(=O)C34CC5CC(CC(C5)C3)C4)CC2)c1. The monoisotopic (exact) mass is 438 g/mol. The molecule has 0 atom stereocenters. The van der Waals surface area contributed by atoms with Crippen LogP contribution in [0.3, 0.4) is 0 Å². The van der Waals surface area contributed by atoms with E-state index in [4.69, 9.17) is 4.74 Å². The summed E-state index contributed by atoms with van der Waals surface area (Å²) in [5.41, 5.74) is 2.24. The highest BCUT2D eigenvalue weighted by Gasteiger charge is 2.54. The summed E-state index contributed by atoms with van der Waals surface area (Å²) in [6.45, 7) is 6.09. The lowest BCUT2D eigenvalue weighted by molar-refractivity contribution is -0.146. The molecule has 1 saturated heterocycles. The van der Waals surface area contributed by atoms with Crippen molar-refractivity contribution in [2.24, 2.45) is 23.2 Å². The Bertz CT molecular complexity index is 836. The molecule has 0 radical (unpaired) electrons. The molecular weight excluding hydrogens is 400 g/mol. The number of piperidine rings is 1. The second-order valence-electron chi connectivity index (χ2n) is 11.2. The van der Waals surface area contributed by atoms with Gasteiger partial charge in [-0.15, -0.1) is 0 Å². The van der Waals surface area contributed by atoms with Crippen LogP contribution in [-0.4, -0.2) is 42.5 Å². The molecule has 5 aliphatic rings. The smallest absolute Gasteiger partial charge is 0.226 e. The zero-order valence-electron chi connectivity index (χ0n) is 19.7. The summed E-state index contributed by atoms with van der Waals surface area (Å²) in [6.07, 6.45) is 9.54. The maximum absolute atomic E-state index is 13.1. The molecule has 4 bridgehead atoms. The van der Waals surface area contributed by atoms with E-state index in [9.17, 15) is 9.59 Å². The highest BCUT2D eigenvalue weighted by Crippen LogP contribution is 2.60. The second-order valence-corrected chi connectivity index (χ2v) is 11.2. The average Bonchev–Trinajstić information content (AvgIpc) is 2.76. The number of benzene rings is 1. The summed E-state index contributed by atoms with van der Waals surface area (Å²) in [6, 6.07) is 6.30. The number of carbonyl (C=O) groups excluding carboxylic acids is 2. The van der Waals surface area contributed by atoms with Crippen LogP contribution in [0, 0.1) is 37.0 Å². The Balaban J connectivity index is 1.05. The maximum Gasteiger partial charge on any atom is 0.226 e. The molecule has 0 spiro atoms. The average molecular weight is 439 g/mol. The Kier molecular flexibility index (Phi) is 5.94. The number of rotatable bonds is 6. The van der Waals surface area contributed by atoms with Gasteiger partial charge in [-0.25, -0.2) is 0 Å². The summed E-state index contributed by atoms with van der Waals surface area (Å²) in [5.74, 6) is 3.63. The van der Waals surface area contributed by atoms with E-state index in [1.807, 2.05) is 4.90 Å². The first-order valence-corrected chi connectivity index (χ1v) is 12.7. The van der Waals surface area contributed by atoms with Crippen LogP contribution < -0.4 is 10.1 Å². The number of aryl methyl sites for hydroxylation is 2. The minimum absolute atomic E-state index is 0.124. The summed E-state index contributed by atoms with van der Waals surface area (Å²) < 4.78 is 6.23. The van der Waals surface area contributed by atoms with Crippen molar-refractivity contribution in [3.8, 4) is 5.75 Å². The molecule has 0 aromatic heterocycles. The van der Waals surface area contributed by atoms with Gasteiger partial charge in [0.15, 0.2) is 0 Å². The number of nitrogens with one attached hydrogen (secondary N) is 1. The van der Waals surface area contributed by atoms with Crippen molar-refractivity contribution < 1.29 is 14.3 Å². The molecule has 32 heavy (non-hydrogen) atoms. The summed E-state index contributed by atoms with van der Waals surface area (Å²) in [7, 11) is 0. The Labute approximate surface area is 192 Å². The number of ether oxygens (including phenoxy) is 1. The Morgan fingerprint density at radius 2 is 1.66 bits per heavy atom. The largest absolute Gasteiger partial charge is 0.490 e. The zero-order chi connectivity index (χ0) is 22.3. The zero-order valence-corrected chi connectivity index (χ0v) is 19.7. The van der Waals surface area contributed by atoms with Gasteiger partial charge in [0.05, 0.1) is 0 Å². The summed E-state index contributed by atoms with van der Waals surface area (Å²) >= 11 is 0. The molecule has 4 saturated carbocycles. The number of hydrogen-bond acceptors (Lipinski definition) is 3. The van der Waals surface area contributed by atoms with E-state index in [1.54, 1.807) is 0 Å². The van der Waals surface area contributed by atoms with Crippen molar-refractivity contribution in [3.05, 3.63) is 29.3 Å². The van der Waals surface area contributed by atoms with Crippen molar-refractivity contribution in [1.82, 2.24) is 10.2 Å². The predicted octanol–water partition coefficient (Wildman–Crippen LogP) is 4.40. The number of likely N-dealkylation sites (tertiary alicyclic amines) is 1. The Hall–Kier alpha value is -2.04. The molecule has 5 fully saturated rings. The lowest BCUT2D eigenvalue weighted by Crippen LogP contribution is -2.54. The molecule has 5 nitrogen and oxygen atoms in total. The molecule has 1 N–H and O–H groups in total. The molecule has 4 aliphatic carbocycles. The lowest BCUT2D eigenvalue weighted by atomic mass is 9.49. The minimum Gasteiger partial charge on any atom is -0.490 e. The van der Waals surface area contributed by atoms with Crippen LogP contribution in [0.4, 0.5) is 0 Å². The molecule has 5 heteroatoms. The number of carbonyl (C=O) groups is 2. The van der Waals surface area contributed by atoms with E-state index in [1.165, 1.54) is 24.8 Å². The van der Waals surface area contributed by atoms with Crippen LogP contribution >= 0.6 is 0 Å². The molecule has 6 rings (SSSR count). The first-order valence-electron chi connectivity index (χ1n) is 12.7. The van der Waals surface area contributed by atoms with Gasteiger partial charge in [0.2, 0.25) is 11.8 Å². The number of amides is 2. The first kappa shape index (κ1) is 21.8. The van der Waals surface area contributed by atoms with Crippen LogP contribution in [-0.2, 0) is 9.59 Å². The van der Waals surface area contributed by atoms with Gasteiger partial charge >= 0.3 is 0 Å². The van der Waals surface area contributed by atoms with Crippen molar-refractivity contribution >= 4 is 11.8 Å². The quantitative estimate of drug-likeness (QED) is 0.716. The van der Waals surface area contributed by atoms with Gasteiger partial charge in [-0.3, -0.25) is 9.59 Å². The van der Waals surface area contributed by atoms with Crippen LogP contribution in [0.2, 0.25) is 0 Å². The first-order chi connectivity index (χ1) is 15.4. The molecule has 1 aromatic rings. The van der Waals surface area contributed by atoms with Gasteiger partial charge in [0.25, 0.3) is 0 Å². The van der Waals surface area contributed by atoms with Crippen molar-refractivity contribution in [2.75, 3.05) is 19.6 Å². The van der Waals surface area contributed by atoms with Crippen molar-refractivity contribution in [2.45, 2.75) is 77.7 Å². The standard InChI is InChI=1S/C27H38N2O3/c1-18-3-4-19(2)24(11-18)32-23-6-9-29(10-7-23)25(30)5-8-28-26(31)27-15-20-12-21(16-27)14-22(13-20)17-27/h3-4,11,20-23H,5-10,12-17H2,1-2H3,(H,28,31). The number of nitrogens with zero attached hydrogens (tertiary/aromatic N) is 1. The summed E-state index contributed by atoms with van der Waals surface area (Å²) in [4.78, 5) is 27.7. The molecule has 0 unspecified atom stereocenters. The molecule has 2 amide bonds. The van der Waals surface area contributed by atoms with Crippen LogP contribution in [0.25, 0.3) is 0 Å². The van der Waals surface area contributed by atoms with Crippen molar-refractivity contribution in [3.63, 3.8) is 0 Å². The van der Waals surface area contributed by atoms with E-state index >= 15 is 0 Å². The van der Waals surface area contributed by atoms with Gasteiger partial charge in [0.1, 0.15) is 11.9 Å². The van der Waals surface area contributed by atoms with Crippen LogP contribution in [0.1, 0.15) is 68.9 Å². The van der Waals surface area contributed by atoms with Crippen LogP contribution in [0.5, 0.6) is 5.75 Å². The van der Waals surface area contributed by atoms with E-state index < -0.39 is 0 Å². The van der Waals surface area contributed by atoms with Crippen LogP contribution in [0.15, 0.2) is 18.2 Å². The van der Waals surface area contributed by atoms with Gasteiger partial charge in [-0.1, -0.05) is 12.1 Å². The predicted molar refractivity (Wildman–Crippen MR) is 124 cm³/mol. The van der Waals surface area contributed by atoms with Gasteiger partial charge in [-0.05, 0) is 87.3 Å². The van der Waals surface area contributed by atoms with E-state index in [2.05, 4.69) is 37.4 Å². The third-order valence-electron chi connectivity index (χ3n) is 8.58. The topological polar surface area (TPSA) is 58.6 Å². The van der Waals surface area contributed by atoms with E-state index in [0.29, 0.717) is 13.0 Å². The fraction of sp³-hybridized carbons (Fsp3) is 0.704. The highest BCUT2D eigenvalue weighted by molar-refractivity contribution is 5.84. The maximum atomic E-state index is 13.1. The minimum atomic E-state index is -0.124. The lowest BCUT2D eigenvalue weighted by Gasteiger charge is -2.55. The fourth-order valence-electron chi connectivity index (χ4n) is 7.25. The molecule has 1 aromatic carbocycles. The van der Waals surface area contributed by atoms with Crippen molar-refractivity contribution in [1.29, 1.82) is 0 Å². The third-order valence-corrected chi connectivity index (χ3v) is 8.58. The normalized spacial score (nSPS) is 31.6. The molecule has 174 valence electrons. The molecular formula is C27H38N2O3. The fourth-order valence-corrected chi connectivity index (χ4v) is 7.25. The molecule has 1 aliphatic heterocycles. The van der Waals surface area contributed by atoms with E-state index in [-0.39, 0.29) is 23.3 Å². The Morgan fingerprint density at radius 1 is 1.03 bits per heavy atom.